The zero-order valence-electron chi connectivity index (χ0n) is 12.2. The van der Waals surface area contributed by atoms with Gasteiger partial charge in [-0.2, -0.15) is 0 Å². The van der Waals surface area contributed by atoms with Gasteiger partial charge in [-0.25, -0.2) is 4.68 Å². The first-order chi connectivity index (χ1) is 10.7. The predicted molar refractivity (Wildman–Crippen MR) is 84.7 cm³/mol. The van der Waals surface area contributed by atoms with Crippen LogP contribution in [0.25, 0.3) is 0 Å². The first-order valence-corrected chi connectivity index (χ1v) is 7.03. The first-order valence-electron chi connectivity index (χ1n) is 7.03. The highest BCUT2D eigenvalue weighted by molar-refractivity contribution is 6.02. The topological polar surface area (TPSA) is 59.8 Å². The van der Waals surface area contributed by atoms with Gasteiger partial charge < -0.3 is 5.32 Å². The Morgan fingerprint density at radius 3 is 2.55 bits per heavy atom. The number of rotatable bonds is 4. The third kappa shape index (κ3) is 3.38. The van der Waals surface area contributed by atoms with Gasteiger partial charge in [0.25, 0.3) is 5.91 Å². The summed E-state index contributed by atoms with van der Waals surface area (Å²) in [6, 6.07) is 17.5. The maximum absolute atomic E-state index is 12.1. The van der Waals surface area contributed by atoms with Crippen molar-refractivity contribution in [3.63, 3.8) is 0 Å². The monoisotopic (exact) mass is 292 g/mol. The number of carbonyl (C=O) groups excluding carboxylic acids is 1. The third-order valence-corrected chi connectivity index (χ3v) is 3.27. The van der Waals surface area contributed by atoms with E-state index in [1.165, 1.54) is 0 Å². The van der Waals surface area contributed by atoms with E-state index < -0.39 is 0 Å². The van der Waals surface area contributed by atoms with Gasteiger partial charge in [0.2, 0.25) is 0 Å². The summed E-state index contributed by atoms with van der Waals surface area (Å²) in [4.78, 5) is 12.1. The Bertz CT molecular complexity index is 763. The number of nitrogens with zero attached hydrogens (tertiary/aromatic N) is 3. The molecule has 3 aromatic rings. The predicted octanol–water partition coefficient (Wildman–Crippen LogP) is 2.89. The summed E-state index contributed by atoms with van der Waals surface area (Å²) in [5.41, 5.74) is 3.30. The second kappa shape index (κ2) is 6.22. The van der Waals surface area contributed by atoms with E-state index in [-0.39, 0.29) is 5.91 Å². The number of aryl methyl sites for hydroxylation is 1. The Morgan fingerprint density at radius 2 is 1.82 bits per heavy atom. The van der Waals surface area contributed by atoms with Gasteiger partial charge in [0, 0.05) is 5.69 Å². The number of carbonyl (C=O) groups is 1. The van der Waals surface area contributed by atoms with Crippen LogP contribution in [0.15, 0.2) is 60.8 Å². The highest BCUT2D eigenvalue weighted by atomic mass is 16.2. The van der Waals surface area contributed by atoms with Crippen molar-refractivity contribution < 1.29 is 4.79 Å². The molecule has 5 heteroatoms. The van der Waals surface area contributed by atoms with Crippen molar-refractivity contribution in [2.24, 2.45) is 0 Å². The fourth-order valence-electron chi connectivity index (χ4n) is 2.08. The van der Waals surface area contributed by atoms with E-state index in [1.54, 1.807) is 10.9 Å². The van der Waals surface area contributed by atoms with Crippen LogP contribution < -0.4 is 5.32 Å². The van der Waals surface area contributed by atoms with Crippen molar-refractivity contribution in [1.82, 2.24) is 15.0 Å². The molecule has 0 aliphatic heterocycles. The number of nitrogens with one attached hydrogen (secondary N) is 1. The summed E-state index contributed by atoms with van der Waals surface area (Å²) in [5, 5.41) is 10.7. The Morgan fingerprint density at radius 1 is 1.09 bits per heavy atom. The maximum Gasteiger partial charge on any atom is 0.277 e. The van der Waals surface area contributed by atoms with Crippen LogP contribution in [0.5, 0.6) is 0 Å². The lowest BCUT2D eigenvalue weighted by atomic mass is 10.2. The summed E-state index contributed by atoms with van der Waals surface area (Å²) < 4.78 is 1.65. The van der Waals surface area contributed by atoms with Crippen molar-refractivity contribution in [1.29, 1.82) is 0 Å². The molecule has 0 atom stereocenters. The largest absolute Gasteiger partial charge is 0.321 e. The molecule has 0 radical (unpaired) electrons. The summed E-state index contributed by atoms with van der Waals surface area (Å²) in [6.45, 7) is 2.59. The van der Waals surface area contributed by atoms with E-state index in [9.17, 15) is 4.79 Å². The Balaban J connectivity index is 1.67. The number of benzene rings is 2. The Labute approximate surface area is 128 Å². The lowest BCUT2D eigenvalue weighted by Crippen LogP contribution is -2.12. The molecular formula is C17H16N4O. The molecule has 22 heavy (non-hydrogen) atoms. The highest BCUT2D eigenvalue weighted by Crippen LogP contribution is 2.10. The molecule has 0 saturated heterocycles. The number of aromatic nitrogens is 3. The molecule has 0 bridgehead atoms. The lowest BCUT2D eigenvalue weighted by molar-refractivity contribution is 0.102. The van der Waals surface area contributed by atoms with Gasteiger partial charge >= 0.3 is 0 Å². The van der Waals surface area contributed by atoms with Gasteiger partial charge in [0.05, 0.1) is 12.7 Å². The standard InChI is InChI=1S/C17H16N4O/c1-13-7-9-15(10-8-13)18-17(22)16-12-21(20-19-16)11-14-5-3-2-4-6-14/h2-10,12H,11H2,1H3,(H,18,22). The van der Waals surface area contributed by atoms with Crippen molar-refractivity contribution in [2.75, 3.05) is 5.32 Å². The molecule has 0 spiro atoms. The molecule has 0 unspecified atom stereocenters. The van der Waals surface area contributed by atoms with E-state index in [0.717, 1.165) is 16.8 Å². The number of hydrogen-bond acceptors (Lipinski definition) is 3. The van der Waals surface area contributed by atoms with E-state index in [4.69, 9.17) is 0 Å². The summed E-state index contributed by atoms with van der Waals surface area (Å²) >= 11 is 0. The van der Waals surface area contributed by atoms with Crippen LogP contribution in [0.4, 0.5) is 5.69 Å². The maximum atomic E-state index is 12.1. The zero-order valence-corrected chi connectivity index (χ0v) is 12.2. The van der Waals surface area contributed by atoms with Gasteiger partial charge in [-0.3, -0.25) is 4.79 Å². The van der Waals surface area contributed by atoms with Crippen molar-refractivity contribution in [3.05, 3.63) is 77.6 Å². The molecule has 1 aromatic heterocycles. The van der Waals surface area contributed by atoms with Crippen LogP contribution in [0, 0.1) is 6.92 Å². The molecule has 1 N–H and O–H groups in total. The van der Waals surface area contributed by atoms with Gasteiger partial charge in [-0.1, -0.05) is 53.2 Å². The minimum Gasteiger partial charge on any atom is -0.321 e. The molecule has 0 aliphatic carbocycles. The molecule has 110 valence electrons. The number of amides is 1. The van der Waals surface area contributed by atoms with Crippen LogP contribution >= 0.6 is 0 Å². The molecule has 0 aliphatic rings. The molecule has 2 aromatic carbocycles. The second-order valence-corrected chi connectivity index (χ2v) is 5.11. The minimum absolute atomic E-state index is 0.261. The average Bonchev–Trinajstić information content (AvgIpc) is 2.99. The molecule has 0 saturated carbocycles. The van der Waals surface area contributed by atoms with E-state index >= 15 is 0 Å². The minimum atomic E-state index is -0.261. The van der Waals surface area contributed by atoms with Gasteiger partial charge in [-0.15, -0.1) is 5.10 Å². The summed E-state index contributed by atoms with van der Waals surface area (Å²) in [7, 11) is 0. The van der Waals surface area contributed by atoms with Gasteiger partial charge in [0.1, 0.15) is 0 Å². The molecule has 1 amide bonds. The first kappa shape index (κ1) is 14.0. The molecule has 0 fully saturated rings. The summed E-state index contributed by atoms with van der Waals surface area (Å²) in [5.74, 6) is -0.261. The Hall–Kier alpha value is -2.95. The van der Waals surface area contributed by atoms with Crippen molar-refractivity contribution in [2.45, 2.75) is 13.5 Å². The van der Waals surface area contributed by atoms with Crippen LogP contribution in [-0.2, 0) is 6.54 Å². The molecule has 1 heterocycles. The van der Waals surface area contributed by atoms with Crippen LogP contribution in [0.3, 0.4) is 0 Å². The molecule has 5 nitrogen and oxygen atoms in total. The van der Waals surface area contributed by atoms with Gasteiger partial charge in [0.15, 0.2) is 5.69 Å². The number of anilines is 1. The quantitative estimate of drug-likeness (QED) is 0.804. The average molecular weight is 292 g/mol. The van der Waals surface area contributed by atoms with E-state index in [2.05, 4.69) is 15.6 Å². The Kier molecular flexibility index (Phi) is 3.96. The van der Waals surface area contributed by atoms with Crippen LogP contribution in [-0.4, -0.2) is 20.9 Å². The van der Waals surface area contributed by atoms with E-state index in [1.807, 2.05) is 61.5 Å². The fraction of sp³-hybridized carbons (Fsp3) is 0.118. The highest BCUT2D eigenvalue weighted by Gasteiger charge is 2.11. The van der Waals surface area contributed by atoms with Crippen molar-refractivity contribution >= 4 is 11.6 Å². The molecule has 3 rings (SSSR count). The second-order valence-electron chi connectivity index (χ2n) is 5.11. The third-order valence-electron chi connectivity index (χ3n) is 3.27. The number of hydrogen-bond donors (Lipinski definition) is 1. The smallest absolute Gasteiger partial charge is 0.277 e. The van der Waals surface area contributed by atoms with Crippen LogP contribution in [0.2, 0.25) is 0 Å². The SMILES string of the molecule is Cc1ccc(NC(=O)c2cn(Cc3ccccc3)nn2)cc1. The molecular weight excluding hydrogens is 276 g/mol. The van der Waals surface area contributed by atoms with Crippen molar-refractivity contribution in [3.8, 4) is 0 Å². The summed E-state index contributed by atoms with van der Waals surface area (Å²) in [6.07, 6.45) is 1.65. The van der Waals surface area contributed by atoms with Gasteiger partial charge in [-0.05, 0) is 24.6 Å². The van der Waals surface area contributed by atoms with E-state index in [0.29, 0.717) is 12.2 Å². The fourth-order valence-corrected chi connectivity index (χ4v) is 2.08. The lowest BCUT2D eigenvalue weighted by Gasteiger charge is -2.02. The normalized spacial score (nSPS) is 10.4. The van der Waals surface area contributed by atoms with Crippen LogP contribution in [0.1, 0.15) is 21.6 Å². The zero-order chi connectivity index (χ0) is 15.4.